The van der Waals surface area contributed by atoms with Crippen LogP contribution < -0.4 is 14.4 Å². The predicted octanol–water partition coefficient (Wildman–Crippen LogP) is 3.51. The lowest BCUT2D eigenvalue weighted by Gasteiger charge is -2.31. The molecule has 0 saturated carbocycles. The van der Waals surface area contributed by atoms with Gasteiger partial charge in [0.25, 0.3) is 0 Å². The van der Waals surface area contributed by atoms with E-state index in [0.717, 1.165) is 11.8 Å². The van der Waals surface area contributed by atoms with E-state index in [9.17, 15) is 13.2 Å². The first-order chi connectivity index (χ1) is 13.3. The number of amides is 1. The smallest absolute Gasteiger partial charge is 0.244 e. The molecular formula is C21H28N2O4S. The van der Waals surface area contributed by atoms with Crippen molar-refractivity contribution in [3.05, 3.63) is 60.2 Å². The van der Waals surface area contributed by atoms with E-state index in [2.05, 4.69) is 5.32 Å². The number of nitrogens with one attached hydrogen (secondary N) is 1. The first-order valence-electron chi connectivity index (χ1n) is 9.35. The molecule has 0 unspecified atom stereocenters. The maximum absolute atomic E-state index is 12.9. The Balaban J connectivity index is 2.28. The summed E-state index contributed by atoms with van der Waals surface area (Å²) in [6, 6.07) is 15.2. The summed E-state index contributed by atoms with van der Waals surface area (Å²) in [6.45, 7) is 6.07. The van der Waals surface area contributed by atoms with E-state index in [4.69, 9.17) is 4.74 Å². The molecule has 2 aromatic rings. The van der Waals surface area contributed by atoms with Crippen molar-refractivity contribution in [2.75, 3.05) is 17.2 Å². The zero-order chi connectivity index (χ0) is 20.7. The van der Waals surface area contributed by atoms with Crippen molar-refractivity contribution in [2.24, 2.45) is 0 Å². The van der Waals surface area contributed by atoms with E-state index in [0.29, 0.717) is 24.5 Å². The Morgan fingerprint density at radius 3 is 2.18 bits per heavy atom. The molecule has 0 aliphatic rings. The molecule has 2 atom stereocenters. The van der Waals surface area contributed by atoms with Crippen molar-refractivity contribution in [3.8, 4) is 5.75 Å². The van der Waals surface area contributed by atoms with Gasteiger partial charge in [-0.25, -0.2) is 8.42 Å². The topological polar surface area (TPSA) is 75.7 Å². The van der Waals surface area contributed by atoms with E-state index in [1.54, 1.807) is 31.2 Å². The Morgan fingerprint density at radius 2 is 1.68 bits per heavy atom. The fourth-order valence-corrected chi connectivity index (χ4v) is 4.26. The summed E-state index contributed by atoms with van der Waals surface area (Å²) in [5.41, 5.74) is 1.39. The average Bonchev–Trinajstić information content (AvgIpc) is 2.66. The molecule has 2 aromatic carbocycles. The number of carbonyl (C=O) groups is 1. The molecule has 28 heavy (non-hydrogen) atoms. The van der Waals surface area contributed by atoms with Crippen molar-refractivity contribution in [3.63, 3.8) is 0 Å². The lowest BCUT2D eigenvalue weighted by atomic mass is 10.1. The maximum atomic E-state index is 12.9. The summed E-state index contributed by atoms with van der Waals surface area (Å²) >= 11 is 0. The second-order valence-electron chi connectivity index (χ2n) is 6.55. The molecule has 7 heteroatoms. The zero-order valence-electron chi connectivity index (χ0n) is 16.8. The Bertz CT molecular complexity index is 867. The molecule has 0 aromatic heterocycles. The van der Waals surface area contributed by atoms with Crippen LogP contribution in [0, 0.1) is 0 Å². The quantitative estimate of drug-likeness (QED) is 0.694. The van der Waals surface area contributed by atoms with Crippen LogP contribution in [0.15, 0.2) is 54.6 Å². The number of anilines is 1. The van der Waals surface area contributed by atoms with Crippen LogP contribution in [-0.2, 0) is 14.8 Å². The molecule has 2 rings (SSSR count). The molecule has 1 N–H and O–H groups in total. The van der Waals surface area contributed by atoms with Gasteiger partial charge in [0.15, 0.2) is 0 Å². The van der Waals surface area contributed by atoms with Gasteiger partial charge in [0, 0.05) is 0 Å². The first-order valence-corrected chi connectivity index (χ1v) is 11.2. The van der Waals surface area contributed by atoms with Gasteiger partial charge in [-0.2, -0.15) is 0 Å². The number of ether oxygens (including phenoxy) is 1. The van der Waals surface area contributed by atoms with Gasteiger partial charge in [-0.05, 0) is 50.1 Å². The summed E-state index contributed by atoms with van der Waals surface area (Å²) in [4.78, 5) is 12.9. The van der Waals surface area contributed by atoms with Crippen LogP contribution in [0.25, 0.3) is 0 Å². The van der Waals surface area contributed by atoms with Gasteiger partial charge < -0.3 is 10.1 Å². The van der Waals surface area contributed by atoms with E-state index >= 15 is 0 Å². The van der Waals surface area contributed by atoms with Crippen LogP contribution in [0.1, 0.15) is 38.8 Å². The Morgan fingerprint density at radius 1 is 1.07 bits per heavy atom. The summed E-state index contributed by atoms with van der Waals surface area (Å²) in [7, 11) is -3.67. The Hall–Kier alpha value is -2.54. The minimum absolute atomic E-state index is 0.232. The van der Waals surface area contributed by atoms with Crippen LogP contribution in [-0.4, -0.2) is 33.2 Å². The van der Waals surface area contributed by atoms with Gasteiger partial charge in [0.2, 0.25) is 15.9 Å². The average molecular weight is 405 g/mol. The van der Waals surface area contributed by atoms with E-state index < -0.39 is 16.1 Å². The lowest BCUT2D eigenvalue weighted by molar-refractivity contribution is -0.122. The first kappa shape index (κ1) is 21.8. The SMILES string of the molecule is CCOc1ccc(N([C@@H](CC)C(=O)N[C@@H](C)c2ccccc2)S(C)(=O)=O)cc1. The third kappa shape index (κ3) is 5.48. The summed E-state index contributed by atoms with van der Waals surface area (Å²) in [5, 5.41) is 2.93. The zero-order valence-corrected chi connectivity index (χ0v) is 17.6. The number of hydrogen-bond donors (Lipinski definition) is 1. The van der Waals surface area contributed by atoms with Crippen molar-refractivity contribution < 1.29 is 17.9 Å². The molecule has 0 aliphatic heterocycles. The molecule has 0 fully saturated rings. The van der Waals surface area contributed by atoms with Crippen molar-refractivity contribution >= 4 is 21.6 Å². The maximum Gasteiger partial charge on any atom is 0.244 e. The van der Waals surface area contributed by atoms with Gasteiger partial charge in [0.05, 0.1) is 24.6 Å². The summed E-state index contributed by atoms with van der Waals surface area (Å²) < 4.78 is 31.6. The minimum atomic E-state index is -3.67. The van der Waals surface area contributed by atoms with E-state index in [1.165, 1.54) is 4.31 Å². The number of sulfonamides is 1. The number of carbonyl (C=O) groups excluding carboxylic acids is 1. The molecule has 0 bridgehead atoms. The number of hydrogen-bond acceptors (Lipinski definition) is 4. The van der Waals surface area contributed by atoms with Gasteiger partial charge >= 0.3 is 0 Å². The normalized spacial score (nSPS) is 13.4. The predicted molar refractivity (Wildman–Crippen MR) is 112 cm³/mol. The highest BCUT2D eigenvalue weighted by Gasteiger charge is 2.32. The largest absolute Gasteiger partial charge is 0.494 e. The van der Waals surface area contributed by atoms with Crippen LogP contribution in [0.3, 0.4) is 0 Å². The molecular weight excluding hydrogens is 376 g/mol. The van der Waals surface area contributed by atoms with Gasteiger partial charge in [-0.1, -0.05) is 37.3 Å². The van der Waals surface area contributed by atoms with Crippen molar-refractivity contribution in [1.82, 2.24) is 5.32 Å². The molecule has 6 nitrogen and oxygen atoms in total. The number of benzene rings is 2. The van der Waals surface area contributed by atoms with Crippen LogP contribution in [0.4, 0.5) is 5.69 Å². The van der Waals surface area contributed by atoms with Crippen LogP contribution in [0.2, 0.25) is 0 Å². The molecule has 0 saturated heterocycles. The second kappa shape index (κ2) is 9.59. The van der Waals surface area contributed by atoms with Crippen molar-refractivity contribution in [1.29, 1.82) is 0 Å². The fraction of sp³-hybridized carbons (Fsp3) is 0.381. The van der Waals surface area contributed by atoms with E-state index in [-0.39, 0.29) is 11.9 Å². The highest BCUT2D eigenvalue weighted by Crippen LogP contribution is 2.25. The second-order valence-corrected chi connectivity index (χ2v) is 8.41. The monoisotopic (exact) mass is 404 g/mol. The summed E-state index contributed by atoms with van der Waals surface area (Å²) in [5.74, 6) is 0.313. The number of rotatable bonds is 9. The van der Waals surface area contributed by atoms with Gasteiger partial charge in [-0.3, -0.25) is 9.10 Å². The molecule has 0 radical (unpaired) electrons. The highest BCUT2D eigenvalue weighted by molar-refractivity contribution is 7.92. The Labute approximate surface area is 167 Å². The van der Waals surface area contributed by atoms with Crippen LogP contribution in [0.5, 0.6) is 5.75 Å². The molecule has 1 amide bonds. The van der Waals surface area contributed by atoms with E-state index in [1.807, 2.05) is 44.2 Å². The third-order valence-electron chi connectivity index (χ3n) is 4.39. The van der Waals surface area contributed by atoms with Gasteiger partial charge in [-0.15, -0.1) is 0 Å². The standard InChI is InChI=1S/C21H28N2O4S/c1-5-20(21(24)22-16(3)17-10-8-7-9-11-17)23(28(4,25)26)18-12-14-19(15-13-18)27-6-2/h7-16,20H,5-6H2,1-4H3,(H,22,24)/t16-,20-/m0/s1. The molecule has 0 heterocycles. The van der Waals surface area contributed by atoms with Crippen LogP contribution >= 0.6 is 0 Å². The third-order valence-corrected chi connectivity index (χ3v) is 5.57. The summed E-state index contributed by atoms with van der Waals surface area (Å²) in [6.07, 6.45) is 1.45. The van der Waals surface area contributed by atoms with Crippen molar-refractivity contribution in [2.45, 2.75) is 39.3 Å². The number of nitrogens with zero attached hydrogens (tertiary/aromatic N) is 1. The Kier molecular flexibility index (Phi) is 7.45. The fourth-order valence-electron chi connectivity index (χ4n) is 3.05. The minimum Gasteiger partial charge on any atom is -0.494 e. The van der Waals surface area contributed by atoms with Gasteiger partial charge in [0.1, 0.15) is 11.8 Å². The highest BCUT2D eigenvalue weighted by atomic mass is 32.2. The molecule has 0 aliphatic carbocycles. The molecule has 152 valence electrons. The lowest BCUT2D eigenvalue weighted by Crippen LogP contribution is -2.49. The molecule has 0 spiro atoms.